The second-order valence-electron chi connectivity index (χ2n) is 4.28. The summed E-state index contributed by atoms with van der Waals surface area (Å²) in [6.45, 7) is 4.79. The van der Waals surface area contributed by atoms with Crippen LogP contribution in [-0.4, -0.2) is 43.2 Å². The van der Waals surface area contributed by atoms with E-state index in [2.05, 4.69) is 15.2 Å². The maximum absolute atomic E-state index is 11.4. The molecule has 6 nitrogen and oxygen atoms in total. The van der Waals surface area contributed by atoms with E-state index >= 15 is 0 Å². The van der Waals surface area contributed by atoms with E-state index in [0.717, 1.165) is 32.1 Å². The lowest BCUT2D eigenvalue weighted by Crippen LogP contribution is -2.36. The van der Waals surface area contributed by atoms with Crippen molar-refractivity contribution in [3.05, 3.63) is 18.3 Å². The van der Waals surface area contributed by atoms with Crippen molar-refractivity contribution in [2.24, 2.45) is 5.73 Å². The Kier molecular flexibility index (Phi) is 4.11. The summed E-state index contributed by atoms with van der Waals surface area (Å²) < 4.78 is 5.28. The van der Waals surface area contributed by atoms with Gasteiger partial charge in [-0.2, -0.15) is 0 Å². The molecule has 3 N–H and O–H groups in total. The van der Waals surface area contributed by atoms with Gasteiger partial charge in [0.25, 0.3) is 0 Å². The molecule has 0 saturated carbocycles. The number of nitrogens with one attached hydrogen (secondary N) is 1. The molecule has 2 rings (SSSR count). The SMILES string of the molecule is C[C@@H](N)C(=O)Nc1ccc(N2CCOCC2)nc1. The van der Waals surface area contributed by atoms with Crippen LogP contribution in [0, 0.1) is 0 Å². The van der Waals surface area contributed by atoms with E-state index in [9.17, 15) is 4.79 Å². The van der Waals surface area contributed by atoms with Crippen LogP contribution >= 0.6 is 0 Å². The Bertz CT molecular complexity index is 399. The minimum atomic E-state index is -0.524. The number of amides is 1. The molecule has 1 aromatic rings. The minimum Gasteiger partial charge on any atom is -0.378 e. The Hall–Kier alpha value is -1.66. The van der Waals surface area contributed by atoms with Gasteiger partial charge in [-0.15, -0.1) is 0 Å². The number of rotatable bonds is 3. The zero-order valence-electron chi connectivity index (χ0n) is 10.4. The van der Waals surface area contributed by atoms with Gasteiger partial charge < -0.3 is 20.7 Å². The van der Waals surface area contributed by atoms with Gasteiger partial charge in [-0.25, -0.2) is 4.98 Å². The molecule has 6 heteroatoms. The molecule has 18 heavy (non-hydrogen) atoms. The average Bonchev–Trinajstić information content (AvgIpc) is 2.40. The molecule has 0 aliphatic carbocycles. The number of anilines is 2. The zero-order chi connectivity index (χ0) is 13.0. The molecule has 2 heterocycles. The van der Waals surface area contributed by atoms with E-state index in [1.54, 1.807) is 13.1 Å². The number of morpholine rings is 1. The summed E-state index contributed by atoms with van der Waals surface area (Å²) in [7, 11) is 0. The maximum Gasteiger partial charge on any atom is 0.241 e. The number of carbonyl (C=O) groups excluding carboxylic acids is 1. The summed E-state index contributed by atoms with van der Waals surface area (Å²) in [4.78, 5) is 17.9. The van der Waals surface area contributed by atoms with Crippen LogP contribution in [0.4, 0.5) is 11.5 Å². The van der Waals surface area contributed by atoms with Crippen LogP contribution in [0.1, 0.15) is 6.92 Å². The fourth-order valence-electron chi connectivity index (χ4n) is 1.70. The van der Waals surface area contributed by atoms with E-state index in [0.29, 0.717) is 5.69 Å². The van der Waals surface area contributed by atoms with E-state index < -0.39 is 6.04 Å². The number of hydrogen-bond donors (Lipinski definition) is 2. The molecular weight excluding hydrogens is 232 g/mol. The van der Waals surface area contributed by atoms with Crippen molar-refractivity contribution in [1.82, 2.24) is 4.98 Å². The molecule has 0 unspecified atom stereocenters. The molecule has 98 valence electrons. The molecule has 0 bridgehead atoms. The normalized spacial score (nSPS) is 17.3. The summed E-state index contributed by atoms with van der Waals surface area (Å²) in [5.41, 5.74) is 6.14. The number of carbonyl (C=O) groups is 1. The molecule has 1 aromatic heterocycles. The van der Waals surface area contributed by atoms with Crippen LogP contribution < -0.4 is 16.0 Å². The third kappa shape index (κ3) is 3.18. The summed E-state index contributed by atoms with van der Waals surface area (Å²) in [5, 5.41) is 2.70. The van der Waals surface area contributed by atoms with Gasteiger partial charge in [0.05, 0.1) is 31.1 Å². The van der Waals surface area contributed by atoms with Gasteiger partial charge in [0.1, 0.15) is 5.82 Å². The third-order valence-electron chi connectivity index (χ3n) is 2.76. The van der Waals surface area contributed by atoms with Crippen LogP contribution in [0.15, 0.2) is 18.3 Å². The quantitative estimate of drug-likeness (QED) is 0.801. The van der Waals surface area contributed by atoms with Gasteiger partial charge in [0, 0.05) is 13.1 Å². The largest absolute Gasteiger partial charge is 0.378 e. The Morgan fingerprint density at radius 3 is 2.78 bits per heavy atom. The molecule has 1 fully saturated rings. The average molecular weight is 250 g/mol. The number of ether oxygens (including phenoxy) is 1. The Labute approximate surface area is 106 Å². The molecule has 0 spiro atoms. The number of nitrogens with two attached hydrogens (primary N) is 1. The van der Waals surface area contributed by atoms with Crippen molar-refractivity contribution in [3.63, 3.8) is 0 Å². The molecule has 1 atom stereocenters. The Balaban J connectivity index is 1.98. The van der Waals surface area contributed by atoms with Crippen LogP contribution in [0.2, 0.25) is 0 Å². The van der Waals surface area contributed by atoms with Crippen LogP contribution in [-0.2, 0) is 9.53 Å². The summed E-state index contributed by atoms with van der Waals surface area (Å²) in [5.74, 6) is 0.688. The zero-order valence-corrected chi connectivity index (χ0v) is 10.4. The van der Waals surface area contributed by atoms with Gasteiger partial charge in [-0.05, 0) is 19.1 Å². The highest BCUT2D eigenvalue weighted by molar-refractivity contribution is 5.94. The fourth-order valence-corrected chi connectivity index (χ4v) is 1.70. The van der Waals surface area contributed by atoms with Crippen LogP contribution in [0.25, 0.3) is 0 Å². The van der Waals surface area contributed by atoms with Gasteiger partial charge >= 0.3 is 0 Å². The van der Waals surface area contributed by atoms with E-state index in [-0.39, 0.29) is 5.91 Å². The van der Waals surface area contributed by atoms with E-state index in [1.807, 2.05) is 12.1 Å². The number of aromatic nitrogens is 1. The first-order valence-corrected chi connectivity index (χ1v) is 6.02. The number of pyridine rings is 1. The standard InChI is InChI=1S/C12H18N4O2/c1-9(13)12(17)15-10-2-3-11(14-8-10)16-4-6-18-7-5-16/h2-3,8-9H,4-7,13H2,1H3,(H,15,17)/t9-/m1/s1. The van der Waals surface area contributed by atoms with Gasteiger partial charge in [-0.3, -0.25) is 4.79 Å². The molecule has 1 aliphatic heterocycles. The summed E-state index contributed by atoms with van der Waals surface area (Å²) in [6.07, 6.45) is 1.64. The predicted molar refractivity (Wildman–Crippen MR) is 69.5 cm³/mol. The molecule has 1 aliphatic rings. The molecule has 0 radical (unpaired) electrons. The molecule has 1 amide bonds. The Morgan fingerprint density at radius 2 is 2.22 bits per heavy atom. The maximum atomic E-state index is 11.4. The van der Waals surface area contributed by atoms with Gasteiger partial charge in [0.15, 0.2) is 0 Å². The summed E-state index contributed by atoms with van der Waals surface area (Å²) in [6, 6.07) is 3.20. The second kappa shape index (κ2) is 5.79. The molecule has 0 aromatic carbocycles. The Morgan fingerprint density at radius 1 is 1.50 bits per heavy atom. The first-order chi connectivity index (χ1) is 8.66. The van der Waals surface area contributed by atoms with Crippen molar-refractivity contribution >= 4 is 17.4 Å². The van der Waals surface area contributed by atoms with E-state index in [4.69, 9.17) is 10.5 Å². The fraction of sp³-hybridized carbons (Fsp3) is 0.500. The predicted octanol–water partition coefficient (Wildman–Crippen LogP) is 0.204. The van der Waals surface area contributed by atoms with Gasteiger partial charge in [-0.1, -0.05) is 0 Å². The van der Waals surface area contributed by atoms with Crippen molar-refractivity contribution in [2.75, 3.05) is 36.5 Å². The molecule has 1 saturated heterocycles. The highest BCUT2D eigenvalue weighted by Crippen LogP contribution is 2.15. The number of nitrogens with zero attached hydrogens (tertiary/aromatic N) is 2. The van der Waals surface area contributed by atoms with Crippen molar-refractivity contribution < 1.29 is 9.53 Å². The van der Waals surface area contributed by atoms with Crippen LogP contribution in [0.3, 0.4) is 0 Å². The third-order valence-corrected chi connectivity index (χ3v) is 2.76. The smallest absolute Gasteiger partial charge is 0.241 e. The highest BCUT2D eigenvalue weighted by Gasteiger charge is 2.12. The van der Waals surface area contributed by atoms with Crippen molar-refractivity contribution in [2.45, 2.75) is 13.0 Å². The monoisotopic (exact) mass is 250 g/mol. The first-order valence-electron chi connectivity index (χ1n) is 6.02. The number of hydrogen-bond acceptors (Lipinski definition) is 5. The van der Waals surface area contributed by atoms with Crippen LogP contribution in [0.5, 0.6) is 0 Å². The van der Waals surface area contributed by atoms with Crippen molar-refractivity contribution in [1.29, 1.82) is 0 Å². The second-order valence-corrected chi connectivity index (χ2v) is 4.28. The lowest BCUT2D eigenvalue weighted by atomic mass is 10.3. The lowest BCUT2D eigenvalue weighted by molar-refractivity contribution is -0.117. The minimum absolute atomic E-state index is 0.212. The highest BCUT2D eigenvalue weighted by atomic mass is 16.5. The van der Waals surface area contributed by atoms with E-state index in [1.165, 1.54) is 0 Å². The van der Waals surface area contributed by atoms with Gasteiger partial charge in [0.2, 0.25) is 5.91 Å². The lowest BCUT2D eigenvalue weighted by Gasteiger charge is -2.27. The summed E-state index contributed by atoms with van der Waals surface area (Å²) >= 11 is 0. The van der Waals surface area contributed by atoms with Crippen molar-refractivity contribution in [3.8, 4) is 0 Å². The first kappa shape index (κ1) is 12.8. The topological polar surface area (TPSA) is 80.5 Å². The molecular formula is C12H18N4O2.